The third kappa shape index (κ3) is 9.46. The SMILES string of the molecule is CC(C)CC(NC(=O)C(CC(C)C)NC(=O)C(C)NC(=O)C(N)Cc1cnc[nH]1)C(=O)O. The van der Waals surface area contributed by atoms with Gasteiger partial charge in [0.15, 0.2) is 0 Å². The van der Waals surface area contributed by atoms with Crippen LogP contribution in [0.4, 0.5) is 0 Å². The largest absolute Gasteiger partial charge is 0.480 e. The average Bonchev–Trinajstić information content (AvgIpc) is 3.18. The summed E-state index contributed by atoms with van der Waals surface area (Å²) in [5, 5.41) is 17.0. The summed E-state index contributed by atoms with van der Waals surface area (Å²) in [5.41, 5.74) is 6.57. The smallest absolute Gasteiger partial charge is 0.326 e. The van der Waals surface area contributed by atoms with Gasteiger partial charge in [-0.1, -0.05) is 27.7 Å². The van der Waals surface area contributed by atoms with Crippen molar-refractivity contribution in [2.24, 2.45) is 17.6 Å². The molecular weight excluding hydrogens is 416 g/mol. The van der Waals surface area contributed by atoms with E-state index in [1.54, 1.807) is 6.20 Å². The Morgan fingerprint density at radius 2 is 1.50 bits per heavy atom. The molecule has 0 aromatic carbocycles. The molecule has 32 heavy (non-hydrogen) atoms. The van der Waals surface area contributed by atoms with Crippen LogP contribution in [0.5, 0.6) is 0 Å². The van der Waals surface area contributed by atoms with Crippen molar-refractivity contribution in [1.29, 1.82) is 0 Å². The fourth-order valence-electron chi connectivity index (χ4n) is 3.08. The van der Waals surface area contributed by atoms with Gasteiger partial charge in [-0.2, -0.15) is 0 Å². The third-order valence-electron chi connectivity index (χ3n) is 4.75. The molecule has 0 saturated heterocycles. The summed E-state index contributed by atoms with van der Waals surface area (Å²) in [6, 6.07) is -3.81. The van der Waals surface area contributed by atoms with E-state index in [4.69, 9.17) is 5.73 Å². The van der Waals surface area contributed by atoms with E-state index in [2.05, 4.69) is 25.9 Å². The van der Waals surface area contributed by atoms with Crippen LogP contribution in [-0.2, 0) is 25.6 Å². The normalized spacial score (nSPS) is 15.0. The maximum atomic E-state index is 12.7. The number of H-pyrrole nitrogens is 1. The Balaban J connectivity index is 2.73. The molecular formula is C21H36N6O5. The molecule has 0 bridgehead atoms. The molecule has 0 aliphatic carbocycles. The lowest BCUT2D eigenvalue weighted by atomic mass is 10.0. The van der Waals surface area contributed by atoms with Gasteiger partial charge >= 0.3 is 5.97 Å². The maximum Gasteiger partial charge on any atom is 0.326 e. The highest BCUT2D eigenvalue weighted by Gasteiger charge is 2.29. The summed E-state index contributed by atoms with van der Waals surface area (Å²) in [6.45, 7) is 8.97. The first kappa shape index (κ1) is 27.1. The molecule has 3 amide bonds. The molecule has 1 heterocycles. The van der Waals surface area contributed by atoms with E-state index in [0.717, 1.165) is 0 Å². The van der Waals surface area contributed by atoms with Crippen LogP contribution < -0.4 is 21.7 Å². The lowest BCUT2D eigenvalue weighted by Crippen LogP contribution is -2.56. The first-order valence-corrected chi connectivity index (χ1v) is 10.8. The Labute approximate surface area is 188 Å². The minimum Gasteiger partial charge on any atom is -0.480 e. The van der Waals surface area contributed by atoms with E-state index in [9.17, 15) is 24.3 Å². The highest BCUT2D eigenvalue weighted by molar-refractivity contribution is 5.93. The van der Waals surface area contributed by atoms with Gasteiger partial charge in [-0.25, -0.2) is 9.78 Å². The van der Waals surface area contributed by atoms with E-state index in [1.165, 1.54) is 13.3 Å². The summed E-state index contributed by atoms with van der Waals surface area (Å²) < 4.78 is 0. The number of aliphatic carboxylic acids is 1. The minimum absolute atomic E-state index is 0.0622. The van der Waals surface area contributed by atoms with Crippen molar-refractivity contribution in [3.05, 3.63) is 18.2 Å². The topological polar surface area (TPSA) is 179 Å². The number of nitrogens with one attached hydrogen (secondary N) is 4. The summed E-state index contributed by atoms with van der Waals surface area (Å²) in [7, 11) is 0. The Morgan fingerprint density at radius 1 is 0.938 bits per heavy atom. The molecule has 0 spiro atoms. The predicted octanol–water partition coefficient (Wildman–Crippen LogP) is -0.0694. The molecule has 4 atom stereocenters. The van der Waals surface area contributed by atoms with E-state index in [1.807, 2.05) is 27.7 Å². The van der Waals surface area contributed by atoms with Crippen LogP contribution in [0.2, 0.25) is 0 Å². The van der Waals surface area contributed by atoms with Gasteiger partial charge in [0, 0.05) is 18.3 Å². The fourth-order valence-corrected chi connectivity index (χ4v) is 3.08. The number of carboxylic acid groups (broad SMARTS) is 1. The average molecular weight is 453 g/mol. The number of hydrogen-bond acceptors (Lipinski definition) is 6. The van der Waals surface area contributed by atoms with Gasteiger partial charge in [-0.3, -0.25) is 14.4 Å². The van der Waals surface area contributed by atoms with Crippen LogP contribution in [0.1, 0.15) is 53.2 Å². The quantitative estimate of drug-likeness (QED) is 0.242. The van der Waals surface area contributed by atoms with Gasteiger partial charge in [0.1, 0.15) is 18.1 Å². The van der Waals surface area contributed by atoms with Crippen LogP contribution in [0.15, 0.2) is 12.5 Å². The van der Waals surface area contributed by atoms with Crippen LogP contribution >= 0.6 is 0 Å². The van der Waals surface area contributed by atoms with E-state index in [-0.39, 0.29) is 24.7 Å². The molecule has 4 unspecified atom stereocenters. The number of rotatable bonds is 13. The molecule has 11 heteroatoms. The van der Waals surface area contributed by atoms with Gasteiger partial charge in [0.05, 0.1) is 12.4 Å². The minimum atomic E-state index is -1.13. The van der Waals surface area contributed by atoms with Crippen LogP contribution in [-0.4, -0.2) is 62.9 Å². The molecule has 1 rings (SSSR count). The molecule has 0 fully saturated rings. The number of amides is 3. The number of aromatic nitrogens is 2. The highest BCUT2D eigenvalue weighted by Crippen LogP contribution is 2.09. The number of imidazole rings is 1. The zero-order valence-electron chi connectivity index (χ0n) is 19.3. The van der Waals surface area contributed by atoms with Gasteiger partial charge in [0.2, 0.25) is 17.7 Å². The molecule has 7 N–H and O–H groups in total. The lowest BCUT2D eigenvalue weighted by molar-refractivity contribution is -0.143. The first-order valence-electron chi connectivity index (χ1n) is 10.8. The van der Waals surface area contributed by atoms with Crippen LogP contribution in [0, 0.1) is 11.8 Å². The van der Waals surface area contributed by atoms with Crippen molar-refractivity contribution in [2.45, 2.75) is 78.0 Å². The van der Waals surface area contributed by atoms with Gasteiger partial charge in [0.25, 0.3) is 0 Å². The maximum absolute atomic E-state index is 12.7. The van der Waals surface area contributed by atoms with Crippen LogP contribution in [0.3, 0.4) is 0 Å². The number of aromatic amines is 1. The summed E-state index contributed by atoms with van der Waals surface area (Å²) >= 11 is 0. The Morgan fingerprint density at radius 3 is 2.00 bits per heavy atom. The van der Waals surface area contributed by atoms with Crippen molar-refractivity contribution in [1.82, 2.24) is 25.9 Å². The number of nitrogens with zero attached hydrogens (tertiary/aromatic N) is 1. The molecule has 1 aromatic rings. The van der Waals surface area contributed by atoms with E-state index >= 15 is 0 Å². The molecule has 11 nitrogen and oxygen atoms in total. The second-order valence-electron chi connectivity index (χ2n) is 8.84. The number of carbonyl (C=O) groups is 4. The van der Waals surface area contributed by atoms with E-state index < -0.39 is 47.9 Å². The van der Waals surface area contributed by atoms with Crippen molar-refractivity contribution >= 4 is 23.7 Å². The molecule has 0 aliphatic rings. The van der Waals surface area contributed by atoms with Crippen molar-refractivity contribution in [3.8, 4) is 0 Å². The summed E-state index contributed by atoms with van der Waals surface area (Å²) in [4.78, 5) is 55.9. The molecule has 0 radical (unpaired) electrons. The number of hydrogen-bond donors (Lipinski definition) is 6. The van der Waals surface area contributed by atoms with Crippen LogP contribution in [0.25, 0.3) is 0 Å². The van der Waals surface area contributed by atoms with Crippen molar-refractivity contribution in [2.75, 3.05) is 0 Å². The van der Waals surface area contributed by atoms with Gasteiger partial charge in [-0.15, -0.1) is 0 Å². The first-order chi connectivity index (χ1) is 14.9. The third-order valence-corrected chi connectivity index (χ3v) is 4.75. The van der Waals surface area contributed by atoms with Crippen molar-refractivity contribution in [3.63, 3.8) is 0 Å². The highest BCUT2D eigenvalue weighted by atomic mass is 16.4. The fraction of sp³-hybridized carbons (Fsp3) is 0.667. The Bertz CT molecular complexity index is 765. The monoisotopic (exact) mass is 452 g/mol. The van der Waals surface area contributed by atoms with E-state index in [0.29, 0.717) is 12.1 Å². The summed E-state index contributed by atoms with van der Waals surface area (Å²) in [5.74, 6) is -2.66. The Hall–Kier alpha value is -2.95. The molecule has 180 valence electrons. The molecule has 1 aromatic heterocycles. The number of carboxylic acids is 1. The second kappa shape index (κ2) is 12.8. The van der Waals surface area contributed by atoms with Crippen molar-refractivity contribution < 1.29 is 24.3 Å². The number of nitrogens with two attached hydrogens (primary N) is 1. The second-order valence-corrected chi connectivity index (χ2v) is 8.84. The Kier molecular flexibility index (Phi) is 10.8. The number of carbonyl (C=O) groups excluding carboxylic acids is 3. The van der Waals surface area contributed by atoms with Gasteiger partial charge < -0.3 is 31.8 Å². The van der Waals surface area contributed by atoms with Gasteiger partial charge in [-0.05, 0) is 31.6 Å². The molecule has 0 saturated carbocycles. The standard InChI is InChI=1S/C21H36N6O5/c1-11(2)6-16(20(30)27-17(21(31)32)7-12(3)4)26-18(28)13(5)25-19(29)15(22)8-14-9-23-10-24-14/h9-13,15-17H,6-8,22H2,1-5H3,(H,23,24)(H,25,29)(H,26,28)(H,27,30)(H,31,32). The summed E-state index contributed by atoms with van der Waals surface area (Å²) in [6.07, 6.45) is 3.84. The lowest BCUT2D eigenvalue weighted by Gasteiger charge is -2.25. The predicted molar refractivity (Wildman–Crippen MR) is 118 cm³/mol. The zero-order chi connectivity index (χ0) is 24.4. The zero-order valence-corrected chi connectivity index (χ0v) is 19.3. The molecule has 0 aliphatic heterocycles.